The van der Waals surface area contributed by atoms with Crippen molar-refractivity contribution in [3.63, 3.8) is 0 Å². The maximum Gasteiger partial charge on any atom is 0.157 e. The third kappa shape index (κ3) is 3.24. The van der Waals surface area contributed by atoms with Crippen LogP contribution < -0.4 is 10.5 Å². The van der Waals surface area contributed by atoms with Crippen molar-refractivity contribution in [2.24, 2.45) is 0 Å². The van der Waals surface area contributed by atoms with Crippen LogP contribution in [0.4, 0.5) is 17.2 Å². The number of aromatic nitrogens is 3. The highest BCUT2D eigenvalue weighted by molar-refractivity contribution is 9.11. The van der Waals surface area contributed by atoms with Crippen molar-refractivity contribution in [2.45, 2.75) is 19.8 Å². The topological polar surface area (TPSA) is 85.9 Å². The quantitative estimate of drug-likeness (QED) is 0.300. The number of halogens is 2. The monoisotopic (exact) mass is 505 g/mol. The van der Waals surface area contributed by atoms with E-state index in [0.29, 0.717) is 28.3 Å². The zero-order valence-electron chi connectivity index (χ0n) is 15.1. The molecular weight excluding hydrogens is 490 g/mol. The molecule has 0 bridgehead atoms. The third-order valence-corrected chi connectivity index (χ3v) is 5.79. The highest BCUT2D eigenvalue weighted by Gasteiger charge is 2.17. The first-order chi connectivity index (χ1) is 13.4. The maximum atomic E-state index is 9.57. The lowest BCUT2D eigenvalue weighted by Gasteiger charge is -2.17. The second-order valence-electron chi connectivity index (χ2n) is 6.68. The summed E-state index contributed by atoms with van der Waals surface area (Å²) in [6.45, 7) is 4.29. The molecule has 0 fully saturated rings. The molecule has 0 atom stereocenters. The summed E-state index contributed by atoms with van der Waals surface area (Å²) in [6, 6.07) is 9.27. The molecule has 3 N–H and O–H groups in total. The number of hydrogen-bond donors (Lipinski definition) is 3. The highest BCUT2D eigenvalue weighted by Crippen LogP contribution is 2.38. The van der Waals surface area contributed by atoms with Crippen molar-refractivity contribution in [1.82, 2.24) is 14.4 Å². The van der Waals surface area contributed by atoms with Gasteiger partial charge in [-0.3, -0.25) is 14.8 Å². The van der Waals surface area contributed by atoms with Gasteiger partial charge in [-0.2, -0.15) is 0 Å². The smallest absolute Gasteiger partial charge is 0.157 e. The first-order valence-corrected chi connectivity index (χ1v) is 10.1. The Kier molecular flexibility index (Phi) is 5.00. The summed E-state index contributed by atoms with van der Waals surface area (Å²) in [7, 11) is 0. The number of nitrogens with one attached hydrogen (secondary N) is 1. The largest absolute Gasteiger partial charge is 0.337 e. The lowest BCUT2D eigenvalue weighted by Crippen LogP contribution is -2.13. The fourth-order valence-corrected chi connectivity index (χ4v) is 4.52. The van der Waals surface area contributed by atoms with E-state index in [0.717, 1.165) is 14.6 Å². The summed E-state index contributed by atoms with van der Waals surface area (Å²) in [5.41, 5.74) is 4.10. The summed E-state index contributed by atoms with van der Waals surface area (Å²) in [4.78, 5) is 8.91. The van der Waals surface area contributed by atoms with Crippen molar-refractivity contribution in [1.29, 1.82) is 0 Å². The average Bonchev–Trinajstić information content (AvgIpc) is 3.13. The van der Waals surface area contributed by atoms with Gasteiger partial charge in [0.25, 0.3) is 0 Å². The van der Waals surface area contributed by atoms with Crippen LogP contribution in [0.1, 0.15) is 25.3 Å². The van der Waals surface area contributed by atoms with E-state index in [1.807, 2.05) is 0 Å². The Balaban J connectivity index is 1.90. The van der Waals surface area contributed by atoms with E-state index in [9.17, 15) is 10.4 Å². The molecule has 4 rings (SSSR count). The molecule has 2 heterocycles. The van der Waals surface area contributed by atoms with E-state index in [-0.39, 0.29) is 10.9 Å². The van der Waals surface area contributed by atoms with Gasteiger partial charge in [-0.15, -0.1) is 5.23 Å². The van der Waals surface area contributed by atoms with Gasteiger partial charge in [-0.25, -0.2) is 9.97 Å². The number of para-hydroxylation sites is 1. The lowest BCUT2D eigenvalue weighted by molar-refractivity contribution is 0.0298. The normalized spacial score (nSPS) is 11.5. The van der Waals surface area contributed by atoms with Gasteiger partial charge >= 0.3 is 0 Å². The van der Waals surface area contributed by atoms with Crippen molar-refractivity contribution in [3.05, 3.63) is 57.4 Å². The molecular formula is C19H17Br2N5O2. The zero-order chi connectivity index (χ0) is 20.0. The first-order valence-electron chi connectivity index (χ1n) is 8.55. The van der Waals surface area contributed by atoms with Crippen LogP contribution in [0.15, 0.2) is 51.8 Å². The number of fused-ring (bicyclic) bond motifs is 3. The van der Waals surface area contributed by atoms with E-state index in [2.05, 4.69) is 68.1 Å². The van der Waals surface area contributed by atoms with E-state index < -0.39 is 0 Å². The third-order valence-electron chi connectivity index (χ3n) is 4.54. The minimum atomic E-state index is 0.0916. The fourth-order valence-electron chi connectivity index (χ4n) is 3.10. The predicted molar refractivity (Wildman–Crippen MR) is 116 cm³/mol. The fraction of sp³-hybridized carbons (Fsp3) is 0.158. The molecule has 0 aliphatic rings. The van der Waals surface area contributed by atoms with Crippen LogP contribution in [0.25, 0.3) is 16.6 Å². The summed E-state index contributed by atoms with van der Waals surface area (Å²) in [5, 5.41) is 22.6. The molecule has 0 saturated carbocycles. The van der Waals surface area contributed by atoms with Crippen LogP contribution in [-0.2, 0) is 0 Å². The van der Waals surface area contributed by atoms with Gasteiger partial charge in [-0.05, 0) is 67.6 Å². The Labute approximate surface area is 177 Å². The van der Waals surface area contributed by atoms with Gasteiger partial charge in [0.05, 0.1) is 23.7 Å². The van der Waals surface area contributed by atoms with Gasteiger partial charge in [0.15, 0.2) is 5.82 Å². The average molecular weight is 507 g/mol. The molecule has 0 amide bonds. The van der Waals surface area contributed by atoms with E-state index in [4.69, 9.17) is 4.98 Å². The SMILES string of the molecule is CC(C)c1cc(Br)c(Nc2nc3cccc(N(O)O)c3n3cncc23)c(Br)c1. The number of imidazole rings is 1. The number of rotatable bonds is 4. The van der Waals surface area contributed by atoms with Crippen molar-refractivity contribution in [3.8, 4) is 0 Å². The predicted octanol–water partition coefficient (Wildman–Crippen LogP) is 5.86. The summed E-state index contributed by atoms with van der Waals surface area (Å²) < 4.78 is 3.59. The Hall–Kier alpha value is -2.20. The zero-order valence-corrected chi connectivity index (χ0v) is 18.2. The highest BCUT2D eigenvalue weighted by atomic mass is 79.9. The van der Waals surface area contributed by atoms with Gasteiger partial charge in [0, 0.05) is 8.95 Å². The molecule has 9 heteroatoms. The van der Waals surface area contributed by atoms with Gasteiger partial charge in [0.1, 0.15) is 16.7 Å². The molecule has 0 radical (unpaired) electrons. The Morgan fingerprint density at radius 1 is 1.14 bits per heavy atom. The minimum Gasteiger partial charge on any atom is -0.337 e. The summed E-state index contributed by atoms with van der Waals surface area (Å²) >= 11 is 7.29. The molecule has 28 heavy (non-hydrogen) atoms. The Morgan fingerprint density at radius 3 is 2.50 bits per heavy atom. The Bertz CT molecular complexity index is 1170. The van der Waals surface area contributed by atoms with Crippen LogP contribution in [0.2, 0.25) is 0 Å². The first kappa shape index (κ1) is 19.1. The van der Waals surface area contributed by atoms with Gasteiger partial charge in [0.2, 0.25) is 0 Å². The molecule has 0 unspecified atom stereocenters. The molecule has 0 aliphatic heterocycles. The number of hydrogen-bond acceptors (Lipinski definition) is 6. The number of anilines is 3. The molecule has 0 spiro atoms. The molecule has 2 aromatic carbocycles. The van der Waals surface area contributed by atoms with E-state index >= 15 is 0 Å². The molecule has 0 aliphatic carbocycles. The van der Waals surface area contributed by atoms with Crippen LogP contribution in [0.5, 0.6) is 0 Å². The van der Waals surface area contributed by atoms with Crippen LogP contribution in [0.3, 0.4) is 0 Å². The molecule has 2 aromatic heterocycles. The van der Waals surface area contributed by atoms with Gasteiger partial charge in [-0.1, -0.05) is 19.9 Å². The van der Waals surface area contributed by atoms with Crippen molar-refractivity contribution < 1.29 is 10.4 Å². The van der Waals surface area contributed by atoms with Crippen molar-refractivity contribution in [2.75, 3.05) is 10.5 Å². The van der Waals surface area contributed by atoms with E-state index in [1.165, 1.54) is 5.56 Å². The maximum absolute atomic E-state index is 9.57. The van der Waals surface area contributed by atoms with Crippen LogP contribution >= 0.6 is 31.9 Å². The van der Waals surface area contributed by atoms with Gasteiger partial charge < -0.3 is 5.32 Å². The number of benzene rings is 2. The van der Waals surface area contributed by atoms with E-state index in [1.54, 1.807) is 35.1 Å². The second kappa shape index (κ2) is 7.32. The van der Waals surface area contributed by atoms with Crippen LogP contribution in [0, 0.1) is 0 Å². The lowest BCUT2D eigenvalue weighted by atomic mass is 10.0. The summed E-state index contributed by atoms with van der Waals surface area (Å²) in [5.74, 6) is 1.00. The number of nitrogens with zero attached hydrogens (tertiary/aromatic N) is 4. The molecule has 144 valence electrons. The molecule has 4 aromatic rings. The molecule has 7 nitrogen and oxygen atoms in total. The summed E-state index contributed by atoms with van der Waals surface area (Å²) in [6.07, 6.45) is 3.29. The second-order valence-corrected chi connectivity index (χ2v) is 8.39. The Morgan fingerprint density at radius 2 is 1.86 bits per heavy atom. The minimum absolute atomic E-state index is 0.0916. The van der Waals surface area contributed by atoms with Crippen molar-refractivity contribution >= 4 is 65.6 Å². The standard InChI is InChI=1S/C19H17Br2N5O2/c1-10(2)11-6-12(20)17(13(21)7-11)24-19-16-8-22-9-25(16)18-14(23-19)4-3-5-15(18)26(27)28/h3-10,27-28H,1-2H3,(H,23,24). The van der Waals surface area contributed by atoms with Crippen LogP contribution in [-0.4, -0.2) is 24.8 Å². The molecule has 0 saturated heterocycles.